The van der Waals surface area contributed by atoms with Crippen molar-refractivity contribution >= 4 is 5.96 Å². The fourth-order valence-electron chi connectivity index (χ4n) is 3.49. The van der Waals surface area contributed by atoms with Crippen molar-refractivity contribution in [3.63, 3.8) is 0 Å². The second-order valence-electron chi connectivity index (χ2n) is 7.43. The van der Waals surface area contributed by atoms with Gasteiger partial charge < -0.3 is 15.4 Å². The van der Waals surface area contributed by atoms with Crippen LogP contribution in [0.15, 0.2) is 53.7 Å². The summed E-state index contributed by atoms with van der Waals surface area (Å²) in [5, 5.41) is 6.72. The van der Waals surface area contributed by atoms with E-state index in [2.05, 4.69) is 58.6 Å². The average Bonchev–Trinajstić information content (AvgIpc) is 2.73. The zero-order chi connectivity index (χ0) is 20.3. The van der Waals surface area contributed by atoms with Gasteiger partial charge in [0.15, 0.2) is 5.96 Å². The fraction of sp³-hybridized carbons (Fsp3) is 0.478. The Morgan fingerprint density at radius 3 is 2.90 bits per heavy atom. The summed E-state index contributed by atoms with van der Waals surface area (Å²) in [6.07, 6.45) is 3.02. The van der Waals surface area contributed by atoms with Crippen LogP contribution in [0.5, 0.6) is 0 Å². The van der Waals surface area contributed by atoms with Crippen molar-refractivity contribution in [2.75, 3.05) is 32.8 Å². The highest BCUT2D eigenvalue weighted by atomic mass is 16.5. The maximum absolute atomic E-state index is 5.64. The number of aliphatic imine (C=N–C) groups is 1. The lowest BCUT2D eigenvalue weighted by molar-refractivity contribution is -0.0212. The van der Waals surface area contributed by atoms with Crippen LogP contribution < -0.4 is 10.6 Å². The summed E-state index contributed by atoms with van der Waals surface area (Å²) in [5.74, 6) is 0.843. The molecule has 1 atom stereocenters. The molecule has 1 saturated heterocycles. The molecule has 2 aromatic rings. The Kier molecular flexibility index (Phi) is 8.46. The quantitative estimate of drug-likeness (QED) is 0.531. The zero-order valence-electron chi connectivity index (χ0n) is 17.6. The number of hydrogen-bond donors (Lipinski definition) is 2. The van der Waals surface area contributed by atoms with Crippen molar-refractivity contribution in [2.45, 2.75) is 39.5 Å². The standard InChI is InChI=1S/C23H33N5O/c1-3-24-23(26-12-10-22-9-4-5-11-25-22)27-16-20-7-6-8-21(15-20)18-28-13-14-29-19(2)17-28/h4-9,11,15,19H,3,10,12-14,16-18H2,1-2H3,(H2,24,26,27). The molecule has 1 aliphatic heterocycles. The molecule has 0 bridgehead atoms. The SMILES string of the molecule is CCNC(=NCc1cccc(CN2CCOC(C)C2)c1)NCCc1ccccn1. The van der Waals surface area contributed by atoms with Crippen molar-refractivity contribution in [3.8, 4) is 0 Å². The first-order valence-electron chi connectivity index (χ1n) is 10.6. The van der Waals surface area contributed by atoms with E-state index in [4.69, 9.17) is 9.73 Å². The Morgan fingerprint density at radius 1 is 1.21 bits per heavy atom. The summed E-state index contributed by atoms with van der Waals surface area (Å²) in [6, 6.07) is 14.7. The van der Waals surface area contributed by atoms with Gasteiger partial charge in [-0.25, -0.2) is 4.99 Å². The molecule has 1 unspecified atom stereocenters. The molecule has 0 aliphatic carbocycles. The number of ether oxygens (including phenoxy) is 1. The first-order chi connectivity index (χ1) is 14.2. The topological polar surface area (TPSA) is 61.8 Å². The summed E-state index contributed by atoms with van der Waals surface area (Å²) in [5.41, 5.74) is 3.65. The van der Waals surface area contributed by atoms with E-state index in [1.54, 1.807) is 0 Å². The van der Waals surface area contributed by atoms with Crippen LogP contribution in [0.2, 0.25) is 0 Å². The van der Waals surface area contributed by atoms with E-state index in [1.165, 1.54) is 11.1 Å². The summed E-state index contributed by atoms with van der Waals surface area (Å²) >= 11 is 0. The molecule has 6 nitrogen and oxygen atoms in total. The molecule has 29 heavy (non-hydrogen) atoms. The van der Waals surface area contributed by atoms with Gasteiger partial charge in [-0.2, -0.15) is 0 Å². The van der Waals surface area contributed by atoms with Gasteiger partial charge in [-0.05, 0) is 37.1 Å². The summed E-state index contributed by atoms with van der Waals surface area (Å²) < 4.78 is 5.64. The molecular formula is C23H33N5O. The molecule has 6 heteroatoms. The Labute approximate surface area is 174 Å². The molecule has 2 heterocycles. The lowest BCUT2D eigenvalue weighted by Gasteiger charge is -2.31. The number of guanidine groups is 1. The molecule has 1 aromatic carbocycles. The van der Waals surface area contributed by atoms with E-state index < -0.39 is 0 Å². The minimum atomic E-state index is 0.316. The van der Waals surface area contributed by atoms with Crippen LogP contribution in [0.3, 0.4) is 0 Å². The molecule has 0 radical (unpaired) electrons. The predicted octanol–water partition coefficient (Wildman–Crippen LogP) is 2.60. The Bertz CT molecular complexity index is 765. The fourth-order valence-corrected chi connectivity index (χ4v) is 3.49. The van der Waals surface area contributed by atoms with Crippen molar-refractivity contribution in [2.24, 2.45) is 4.99 Å². The van der Waals surface area contributed by atoms with Gasteiger partial charge in [-0.1, -0.05) is 30.3 Å². The third kappa shape index (κ3) is 7.48. The molecule has 0 spiro atoms. The number of nitrogens with zero attached hydrogens (tertiary/aromatic N) is 3. The third-order valence-electron chi connectivity index (χ3n) is 4.89. The van der Waals surface area contributed by atoms with E-state index in [9.17, 15) is 0 Å². The molecule has 3 rings (SSSR count). The minimum absolute atomic E-state index is 0.316. The van der Waals surface area contributed by atoms with Gasteiger partial charge in [0.1, 0.15) is 0 Å². The largest absolute Gasteiger partial charge is 0.376 e. The lowest BCUT2D eigenvalue weighted by atomic mass is 10.1. The van der Waals surface area contributed by atoms with Crippen molar-refractivity contribution < 1.29 is 4.74 Å². The second-order valence-corrected chi connectivity index (χ2v) is 7.43. The Balaban J connectivity index is 1.52. The van der Waals surface area contributed by atoms with Gasteiger partial charge in [0.2, 0.25) is 0 Å². The highest BCUT2D eigenvalue weighted by molar-refractivity contribution is 5.79. The lowest BCUT2D eigenvalue weighted by Crippen LogP contribution is -2.40. The monoisotopic (exact) mass is 395 g/mol. The van der Waals surface area contributed by atoms with E-state index in [-0.39, 0.29) is 0 Å². The average molecular weight is 396 g/mol. The van der Waals surface area contributed by atoms with Crippen LogP contribution >= 0.6 is 0 Å². The number of nitrogens with one attached hydrogen (secondary N) is 2. The summed E-state index contributed by atoms with van der Waals surface area (Å²) in [4.78, 5) is 11.6. The van der Waals surface area contributed by atoms with Crippen LogP contribution in [-0.4, -0.2) is 54.7 Å². The number of morpholine rings is 1. The molecule has 2 N–H and O–H groups in total. The first-order valence-corrected chi connectivity index (χ1v) is 10.6. The van der Waals surface area contributed by atoms with Crippen molar-refractivity contribution in [1.82, 2.24) is 20.5 Å². The van der Waals surface area contributed by atoms with Crippen LogP contribution in [0.4, 0.5) is 0 Å². The number of benzene rings is 1. The highest BCUT2D eigenvalue weighted by Gasteiger charge is 2.16. The molecular weight excluding hydrogens is 362 g/mol. The second kappa shape index (κ2) is 11.5. The molecule has 1 aliphatic rings. The molecule has 0 amide bonds. The zero-order valence-corrected chi connectivity index (χ0v) is 17.6. The minimum Gasteiger partial charge on any atom is -0.376 e. The van der Waals surface area contributed by atoms with Gasteiger partial charge in [0.25, 0.3) is 0 Å². The summed E-state index contributed by atoms with van der Waals surface area (Å²) in [7, 11) is 0. The molecule has 0 saturated carbocycles. The maximum atomic E-state index is 5.64. The van der Waals surface area contributed by atoms with Crippen molar-refractivity contribution in [3.05, 3.63) is 65.5 Å². The van der Waals surface area contributed by atoms with Crippen LogP contribution in [0.25, 0.3) is 0 Å². The third-order valence-corrected chi connectivity index (χ3v) is 4.89. The van der Waals surface area contributed by atoms with E-state index >= 15 is 0 Å². The summed E-state index contributed by atoms with van der Waals surface area (Å²) in [6.45, 7) is 10.3. The van der Waals surface area contributed by atoms with E-state index in [0.29, 0.717) is 12.6 Å². The van der Waals surface area contributed by atoms with E-state index in [0.717, 1.165) is 57.4 Å². The Hall–Kier alpha value is -2.44. The number of aromatic nitrogens is 1. The molecule has 1 fully saturated rings. The normalized spacial score (nSPS) is 17.9. The molecule has 156 valence electrons. The number of pyridine rings is 1. The van der Waals surface area contributed by atoms with E-state index in [1.807, 2.05) is 24.4 Å². The van der Waals surface area contributed by atoms with Crippen molar-refractivity contribution in [1.29, 1.82) is 0 Å². The smallest absolute Gasteiger partial charge is 0.191 e. The van der Waals surface area contributed by atoms with Crippen LogP contribution in [-0.2, 0) is 24.2 Å². The van der Waals surface area contributed by atoms with Gasteiger partial charge in [0, 0.05) is 51.0 Å². The van der Waals surface area contributed by atoms with Crippen LogP contribution in [0.1, 0.15) is 30.7 Å². The predicted molar refractivity (Wildman–Crippen MR) is 118 cm³/mol. The van der Waals surface area contributed by atoms with Gasteiger partial charge in [-0.15, -0.1) is 0 Å². The van der Waals surface area contributed by atoms with Gasteiger partial charge >= 0.3 is 0 Å². The van der Waals surface area contributed by atoms with Crippen LogP contribution in [0, 0.1) is 0 Å². The number of rotatable bonds is 8. The first kappa shape index (κ1) is 21.3. The van der Waals surface area contributed by atoms with Gasteiger partial charge in [-0.3, -0.25) is 9.88 Å². The molecule has 1 aromatic heterocycles. The highest BCUT2D eigenvalue weighted by Crippen LogP contribution is 2.12. The maximum Gasteiger partial charge on any atom is 0.191 e. The number of hydrogen-bond acceptors (Lipinski definition) is 4. The Morgan fingerprint density at radius 2 is 2.10 bits per heavy atom. The van der Waals surface area contributed by atoms with Gasteiger partial charge in [0.05, 0.1) is 19.3 Å².